The molecule has 1 fully saturated rings. The molecule has 0 amide bonds. The van der Waals surface area contributed by atoms with Crippen LogP contribution in [0, 0.1) is 18.8 Å². The number of nitrogens with one attached hydrogen (secondary N) is 1. The number of aromatic nitrogens is 1. The normalized spacial score (nSPS) is 23.8. The van der Waals surface area contributed by atoms with Crippen LogP contribution < -0.4 is 5.32 Å². The zero-order valence-corrected chi connectivity index (χ0v) is 12.7. The van der Waals surface area contributed by atoms with Gasteiger partial charge in [-0.15, -0.1) is 0 Å². The number of pyridine rings is 1. The van der Waals surface area contributed by atoms with Crippen LogP contribution in [0.2, 0.25) is 0 Å². The summed E-state index contributed by atoms with van der Waals surface area (Å²) in [5.41, 5.74) is 2.69. The molecule has 2 unspecified atom stereocenters. The van der Waals surface area contributed by atoms with Crippen molar-refractivity contribution in [3.05, 3.63) is 29.6 Å². The first-order valence-electron chi connectivity index (χ1n) is 7.78. The van der Waals surface area contributed by atoms with E-state index in [1.165, 1.54) is 43.2 Å². The minimum absolute atomic E-state index is 0.713. The molecule has 0 bridgehead atoms. The maximum absolute atomic E-state index is 4.16. The van der Waals surface area contributed by atoms with Gasteiger partial charge >= 0.3 is 0 Å². The van der Waals surface area contributed by atoms with Gasteiger partial charge in [-0.3, -0.25) is 4.98 Å². The Labute approximate surface area is 118 Å². The van der Waals surface area contributed by atoms with Crippen LogP contribution in [-0.4, -0.2) is 11.0 Å². The van der Waals surface area contributed by atoms with E-state index in [0.29, 0.717) is 6.04 Å². The first-order chi connectivity index (χ1) is 9.15. The summed E-state index contributed by atoms with van der Waals surface area (Å²) in [6.07, 6.45) is 10.8. The molecule has 1 aliphatic rings. The van der Waals surface area contributed by atoms with Crippen molar-refractivity contribution in [2.75, 3.05) is 0 Å². The van der Waals surface area contributed by atoms with Gasteiger partial charge in [-0.05, 0) is 55.2 Å². The Morgan fingerprint density at radius 3 is 2.95 bits per heavy atom. The molecule has 2 heteroatoms. The van der Waals surface area contributed by atoms with E-state index in [0.717, 1.165) is 18.4 Å². The van der Waals surface area contributed by atoms with E-state index in [4.69, 9.17) is 0 Å². The second-order valence-corrected chi connectivity index (χ2v) is 6.54. The Hall–Kier alpha value is -0.890. The zero-order valence-electron chi connectivity index (χ0n) is 12.7. The monoisotopic (exact) mass is 260 g/mol. The highest BCUT2D eigenvalue weighted by Gasteiger charge is 2.22. The van der Waals surface area contributed by atoms with Crippen LogP contribution in [0.1, 0.15) is 57.1 Å². The predicted octanol–water partition coefficient (Wildman–Crippen LogP) is 4.08. The molecule has 1 aromatic heterocycles. The van der Waals surface area contributed by atoms with E-state index < -0.39 is 0 Å². The van der Waals surface area contributed by atoms with Gasteiger partial charge in [0.1, 0.15) is 0 Å². The minimum atomic E-state index is 0.713. The summed E-state index contributed by atoms with van der Waals surface area (Å²) in [5, 5.41) is 3.75. The molecule has 1 aromatic rings. The van der Waals surface area contributed by atoms with Crippen LogP contribution in [0.4, 0.5) is 0 Å². The molecule has 2 nitrogen and oxygen atoms in total. The third-order valence-corrected chi connectivity index (χ3v) is 4.31. The molecule has 19 heavy (non-hydrogen) atoms. The predicted molar refractivity (Wildman–Crippen MR) is 81.0 cm³/mol. The van der Waals surface area contributed by atoms with Crippen LogP contribution in [0.15, 0.2) is 18.5 Å². The maximum Gasteiger partial charge on any atom is 0.0300 e. The Morgan fingerprint density at radius 1 is 1.37 bits per heavy atom. The van der Waals surface area contributed by atoms with Crippen molar-refractivity contribution in [3.63, 3.8) is 0 Å². The molecule has 1 N–H and O–H groups in total. The average Bonchev–Trinajstić information content (AvgIpc) is 2.37. The van der Waals surface area contributed by atoms with Crippen molar-refractivity contribution in [1.29, 1.82) is 0 Å². The molecular formula is C17H28N2. The quantitative estimate of drug-likeness (QED) is 0.862. The van der Waals surface area contributed by atoms with Crippen molar-refractivity contribution in [2.45, 2.75) is 65.5 Å². The number of hydrogen-bond acceptors (Lipinski definition) is 2. The molecule has 106 valence electrons. The van der Waals surface area contributed by atoms with Gasteiger partial charge in [0.05, 0.1) is 0 Å². The van der Waals surface area contributed by atoms with Crippen molar-refractivity contribution >= 4 is 0 Å². The summed E-state index contributed by atoms with van der Waals surface area (Å²) in [5.74, 6) is 1.77. The summed E-state index contributed by atoms with van der Waals surface area (Å²) in [4.78, 5) is 4.16. The van der Waals surface area contributed by atoms with E-state index in [1.54, 1.807) is 0 Å². The molecule has 1 aliphatic carbocycles. The topological polar surface area (TPSA) is 24.9 Å². The fourth-order valence-corrected chi connectivity index (χ4v) is 3.31. The van der Waals surface area contributed by atoms with Crippen LogP contribution >= 0.6 is 0 Å². The van der Waals surface area contributed by atoms with E-state index in [1.807, 2.05) is 12.4 Å². The number of hydrogen-bond donors (Lipinski definition) is 1. The van der Waals surface area contributed by atoms with E-state index in [-0.39, 0.29) is 0 Å². The summed E-state index contributed by atoms with van der Waals surface area (Å²) < 4.78 is 0. The number of aryl methyl sites for hydroxylation is 1. The Morgan fingerprint density at radius 2 is 2.21 bits per heavy atom. The third-order valence-electron chi connectivity index (χ3n) is 4.31. The lowest BCUT2D eigenvalue weighted by molar-refractivity contribution is 0.252. The Balaban J connectivity index is 1.81. The molecule has 0 saturated heterocycles. The minimum Gasteiger partial charge on any atom is -0.310 e. The molecule has 0 aromatic carbocycles. The van der Waals surface area contributed by atoms with Crippen molar-refractivity contribution < 1.29 is 0 Å². The van der Waals surface area contributed by atoms with Gasteiger partial charge in [-0.2, -0.15) is 0 Å². The first-order valence-corrected chi connectivity index (χ1v) is 7.78. The van der Waals surface area contributed by atoms with Crippen molar-refractivity contribution in [3.8, 4) is 0 Å². The van der Waals surface area contributed by atoms with Gasteiger partial charge in [0, 0.05) is 25.0 Å². The molecular weight excluding hydrogens is 232 g/mol. The molecule has 1 heterocycles. The van der Waals surface area contributed by atoms with Crippen molar-refractivity contribution in [1.82, 2.24) is 10.3 Å². The zero-order chi connectivity index (χ0) is 13.7. The van der Waals surface area contributed by atoms with E-state index >= 15 is 0 Å². The molecule has 2 atom stereocenters. The van der Waals surface area contributed by atoms with Gasteiger partial charge < -0.3 is 5.32 Å². The highest BCUT2D eigenvalue weighted by molar-refractivity contribution is 5.21. The summed E-state index contributed by atoms with van der Waals surface area (Å²) in [6.45, 7) is 7.83. The van der Waals surface area contributed by atoms with Crippen LogP contribution in [0.5, 0.6) is 0 Å². The van der Waals surface area contributed by atoms with Crippen molar-refractivity contribution in [2.24, 2.45) is 11.8 Å². The largest absolute Gasteiger partial charge is 0.310 e. The van der Waals surface area contributed by atoms with Gasteiger partial charge in [-0.1, -0.05) is 26.7 Å². The van der Waals surface area contributed by atoms with Gasteiger partial charge in [0.25, 0.3) is 0 Å². The van der Waals surface area contributed by atoms with Gasteiger partial charge in [0.2, 0.25) is 0 Å². The Kier molecular flexibility index (Phi) is 5.38. The highest BCUT2D eigenvalue weighted by atomic mass is 14.9. The van der Waals surface area contributed by atoms with Crippen LogP contribution in [0.3, 0.4) is 0 Å². The Bertz CT molecular complexity index is 387. The molecule has 1 saturated carbocycles. The van der Waals surface area contributed by atoms with Gasteiger partial charge in [0.15, 0.2) is 0 Å². The van der Waals surface area contributed by atoms with E-state index in [9.17, 15) is 0 Å². The SMILES string of the molecule is Cc1cnccc1CNC1CCCC(CC(C)C)C1. The lowest BCUT2D eigenvalue weighted by atomic mass is 9.81. The molecule has 2 rings (SSSR count). The average molecular weight is 260 g/mol. The second kappa shape index (κ2) is 7.04. The number of rotatable bonds is 5. The summed E-state index contributed by atoms with van der Waals surface area (Å²) >= 11 is 0. The summed E-state index contributed by atoms with van der Waals surface area (Å²) in [7, 11) is 0. The summed E-state index contributed by atoms with van der Waals surface area (Å²) in [6, 6.07) is 2.85. The van der Waals surface area contributed by atoms with Crippen LogP contribution in [-0.2, 0) is 6.54 Å². The fourth-order valence-electron chi connectivity index (χ4n) is 3.31. The molecule has 0 spiro atoms. The maximum atomic E-state index is 4.16. The number of nitrogens with zero attached hydrogens (tertiary/aromatic N) is 1. The fraction of sp³-hybridized carbons (Fsp3) is 0.706. The highest BCUT2D eigenvalue weighted by Crippen LogP contribution is 2.29. The van der Waals surface area contributed by atoms with E-state index in [2.05, 4.69) is 37.1 Å². The molecule has 0 aliphatic heterocycles. The molecule has 0 radical (unpaired) electrons. The first kappa shape index (κ1) is 14.5. The lowest BCUT2D eigenvalue weighted by Gasteiger charge is -2.31. The standard InChI is InChI=1S/C17H28N2/c1-13(2)9-15-5-4-6-17(10-15)19-12-16-7-8-18-11-14(16)3/h7-8,11,13,15,17,19H,4-6,9-10,12H2,1-3H3. The van der Waals surface area contributed by atoms with Crippen LogP contribution in [0.25, 0.3) is 0 Å². The lowest BCUT2D eigenvalue weighted by Crippen LogP contribution is -2.34. The third kappa shape index (κ3) is 4.61. The smallest absolute Gasteiger partial charge is 0.0300 e. The second-order valence-electron chi connectivity index (χ2n) is 6.54. The van der Waals surface area contributed by atoms with Gasteiger partial charge in [-0.25, -0.2) is 0 Å².